The number of carbonyl (C=O) groups excluding carboxylic acids is 2. The van der Waals surface area contributed by atoms with Crippen LogP contribution in [-0.2, 0) is 4.79 Å². The van der Waals surface area contributed by atoms with Crippen LogP contribution in [-0.4, -0.2) is 48.5 Å². The minimum Gasteiger partial charge on any atom is -0.391 e. The Morgan fingerprint density at radius 2 is 1.83 bits per heavy atom. The highest BCUT2D eigenvalue weighted by Crippen LogP contribution is 2.20. The van der Waals surface area contributed by atoms with Crippen molar-refractivity contribution in [2.24, 2.45) is 0 Å². The summed E-state index contributed by atoms with van der Waals surface area (Å²) in [6.45, 7) is 3.50. The molecule has 0 spiro atoms. The molecule has 0 N–H and O–H groups in total. The molecule has 1 heterocycles. The minimum absolute atomic E-state index is 0.157. The second-order valence-electron chi connectivity index (χ2n) is 4.02. The molecule has 0 atom stereocenters. The van der Waals surface area contributed by atoms with E-state index in [1.807, 2.05) is 0 Å². The summed E-state index contributed by atoms with van der Waals surface area (Å²) >= 11 is 0. The summed E-state index contributed by atoms with van der Waals surface area (Å²) in [7, 11) is 4.67. The van der Waals surface area contributed by atoms with Crippen LogP contribution in [0.4, 0.5) is 10.7 Å². The summed E-state index contributed by atoms with van der Waals surface area (Å²) < 4.78 is 5.12. The fourth-order valence-corrected chi connectivity index (χ4v) is 1.07. The maximum absolute atomic E-state index is 11.5. The van der Waals surface area contributed by atoms with Crippen molar-refractivity contribution in [1.29, 1.82) is 0 Å². The maximum atomic E-state index is 11.5. The minimum atomic E-state index is -0.532. The van der Waals surface area contributed by atoms with Crippen molar-refractivity contribution in [3.63, 3.8) is 0 Å². The number of aromatic nitrogens is 2. The van der Waals surface area contributed by atoms with Crippen molar-refractivity contribution in [1.82, 2.24) is 14.9 Å². The average Bonchev–Trinajstić information content (AvgIpc) is 2.33. The molecule has 7 heteroatoms. The van der Waals surface area contributed by atoms with Crippen LogP contribution in [0.15, 0.2) is 0 Å². The Balaban J connectivity index is 3.14. The number of anilines is 1. The van der Waals surface area contributed by atoms with Crippen LogP contribution >= 0.6 is 0 Å². The van der Waals surface area contributed by atoms with E-state index in [2.05, 4.69) is 9.97 Å². The summed E-state index contributed by atoms with van der Waals surface area (Å²) in [5, 5.41) is 0. The van der Waals surface area contributed by atoms with Crippen LogP contribution in [0.1, 0.15) is 11.3 Å². The van der Waals surface area contributed by atoms with Gasteiger partial charge in [0, 0.05) is 32.4 Å². The standard InChI is InChI=1S/C11H16N4O3/c1-7-8(2)12-10(15(5)6-16)13-9(7)18-11(17)14(3)4/h6H,1-5H3. The molecule has 98 valence electrons. The summed E-state index contributed by atoms with van der Waals surface area (Å²) in [5.74, 6) is 0.347. The Morgan fingerprint density at radius 1 is 1.22 bits per heavy atom. The summed E-state index contributed by atoms with van der Waals surface area (Å²) in [6.07, 6.45) is 0.0534. The average molecular weight is 252 g/mol. The van der Waals surface area contributed by atoms with E-state index in [0.29, 0.717) is 17.7 Å². The van der Waals surface area contributed by atoms with Crippen LogP contribution in [0, 0.1) is 13.8 Å². The quantitative estimate of drug-likeness (QED) is 0.742. The third-order valence-electron chi connectivity index (χ3n) is 2.36. The highest BCUT2D eigenvalue weighted by atomic mass is 16.6. The van der Waals surface area contributed by atoms with Gasteiger partial charge in [-0.2, -0.15) is 4.98 Å². The molecule has 1 aromatic heterocycles. The Labute approximate surface area is 105 Å². The largest absolute Gasteiger partial charge is 0.416 e. The number of nitrogens with zero attached hydrogens (tertiary/aromatic N) is 4. The van der Waals surface area contributed by atoms with Crippen LogP contribution in [0.3, 0.4) is 0 Å². The van der Waals surface area contributed by atoms with Crippen molar-refractivity contribution in [2.75, 3.05) is 26.0 Å². The zero-order valence-corrected chi connectivity index (χ0v) is 11.1. The second-order valence-corrected chi connectivity index (χ2v) is 4.02. The number of ether oxygens (including phenoxy) is 1. The molecule has 7 nitrogen and oxygen atoms in total. The van der Waals surface area contributed by atoms with Gasteiger partial charge in [-0.15, -0.1) is 0 Å². The van der Waals surface area contributed by atoms with Crippen LogP contribution in [0.5, 0.6) is 5.88 Å². The SMILES string of the molecule is Cc1nc(N(C)C=O)nc(OC(=O)N(C)C)c1C. The maximum Gasteiger partial charge on any atom is 0.416 e. The lowest BCUT2D eigenvalue weighted by molar-refractivity contribution is -0.107. The first kappa shape index (κ1) is 13.9. The van der Waals surface area contributed by atoms with E-state index >= 15 is 0 Å². The van der Waals surface area contributed by atoms with E-state index in [4.69, 9.17) is 4.74 Å². The lowest BCUT2D eigenvalue weighted by atomic mass is 10.2. The normalized spacial score (nSPS) is 9.83. The number of carbonyl (C=O) groups is 2. The Hall–Kier alpha value is -2.18. The highest BCUT2D eigenvalue weighted by molar-refractivity contribution is 5.72. The molecule has 1 rings (SSSR count). The molecule has 0 bridgehead atoms. The third-order valence-corrected chi connectivity index (χ3v) is 2.36. The van der Waals surface area contributed by atoms with Gasteiger partial charge in [0.25, 0.3) is 0 Å². The lowest BCUT2D eigenvalue weighted by Gasteiger charge is -2.15. The van der Waals surface area contributed by atoms with Crippen molar-refractivity contribution in [2.45, 2.75) is 13.8 Å². The molecule has 0 aliphatic rings. The van der Waals surface area contributed by atoms with Crippen molar-refractivity contribution < 1.29 is 14.3 Å². The van der Waals surface area contributed by atoms with Gasteiger partial charge < -0.3 is 9.64 Å². The molecule has 1 aromatic rings. The topological polar surface area (TPSA) is 75.6 Å². The molecule has 2 amide bonds. The number of amides is 2. The van der Waals surface area contributed by atoms with Crippen LogP contribution in [0.25, 0.3) is 0 Å². The van der Waals surface area contributed by atoms with Gasteiger partial charge in [-0.3, -0.25) is 9.69 Å². The van der Waals surface area contributed by atoms with E-state index in [1.165, 1.54) is 16.8 Å². The van der Waals surface area contributed by atoms with Crippen molar-refractivity contribution in [3.8, 4) is 5.88 Å². The summed E-state index contributed by atoms with van der Waals surface area (Å²) in [4.78, 5) is 32.8. The molecule has 0 saturated heterocycles. The van der Waals surface area contributed by atoms with Crippen molar-refractivity contribution in [3.05, 3.63) is 11.3 Å². The molecule has 0 aliphatic heterocycles. The zero-order valence-electron chi connectivity index (χ0n) is 11.1. The molecule has 0 fully saturated rings. The molecule has 0 aliphatic carbocycles. The van der Waals surface area contributed by atoms with Gasteiger partial charge in [0.2, 0.25) is 18.2 Å². The first-order valence-corrected chi connectivity index (χ1v) is 5.29. The Kier molecular flexibility index (Phi) is 4.19. The van der Waals surface area contributed by atoms with Crippen molar-refractivity contribution >= 4 is 18.5 Å². The predicted molar refractivity (Wildman–Crippen MR) is 65.7 cm³/mol. The highest BCUT2D eigenvalue weighted by Gasteiger charge is 2.15. The van der Waals surface area contributed by atoms with Gasteiger partial charge in [0.05, 0.1) is 0 Å². The van der Waals surface area contributed by atoms with Crippen LogP contribution in [0.2, 0.25) is 0 Å². The molecule has 0 aromatic carbocycles. The van der Waals surface area contributed by atoms with Gasteiger partial charge in [0.1, 0.15) is 0 Å². The number of hydrogen-bond acceptors (Lipinski definition) is 5. The monoisotopic (exact) mass is 252 g/mol. The van der Waals surface area contributed by atoms with Gasteiger partial charge in [-0.25, -0.2) is 9.78 Å². The smallest absolute Gasteiger partial charge is 0.391 e. The molecule has 0 radical (unpaired) electrons. The fourth-order valence-electron chi connectivity index (χ4n) is 1.07. The van der Waals surface area contributed by atoms with E-state index in [0.717, 1.165) is 0 Å². The van der Waals surface area contributed by atoms with Gasteiger partial charge in [0.15, 0.2) is 0 Å². The van der Waals surface area contributed by atoms with E-state index in [-0.39, 0.29) is 11.8 Å². The molecular formula is C11H16N4O3. The fraction of sp³-hybridized carbons (Fsp3) is 0.455. The second kappa shape index (κ2) is 5.44. The summed E-state index contributed by atoms with van der Waals surface area (Å²) in [6, 6.07) is 0. The molecule has 0 saturated carbocycles. The van der Waals surface area contributed by atoms with E-state index in [9.17, 15) is 9.59 Å². The first-order chi connectivity index (χ1) is 8.36. The van der Waals surface area contributed by atoms with Crippen LogP contribution < -0.4 is 9.64 Å². The third kappa shape index (κ3) is 2.93. The van der Waals surface area contributed by atoms with E-state index < -0.39 is 6.09 Å². The van der Waals surface area contributed by atoms with Gasteiger partial charge >= 0.3 is 6.09 Å². The Morgan fingerprint density at radius 3 is 2.33 bits per heavy atom. The van der Waals surface area contributed by atoms with E-state index in [1.54, 1.807) is 27.9 Å². The number of aryl methyl sites for hydroxylation is 1. The molecular weight excluding hydrogens is 236 g/mol. The summed E-state index contributed by atoms with van der Waals surface area (Å²) in [5.41, 5.74) is 1.31. The lowest BCUT2D eigenvalue weighted by Crippen LogP contribution is -2.27. The zero-order chi connectivity index (χ0) is 13.9. The number of rotatable bonds is 3. The predicted octanol–water partition coefficient (Wildman–Crippen LogP) is 0.746. The molecule has 0 unspecified atom stereocenters. The molecule has 18 heavy (non-hydrogen) atoms. The first-order valence-electron chi connectivity index (χ1n) is 5.29. The number of hydrogen-bond donors (Lipinski definition) is 0. The van der Waals surface area contributed by atoms with Gasteiger partial charge in [-0.1, -0.05) is 0 Å². The Bertz CT molecular complexity index is 474. The van der Waals surface area contributed by atoms with Gasteiger partial charge in [-0.05, 0) is 13.8 Å².